The van der Waals surface area contributed by atoms with Gasteiger partial charge in [0, 0.05) is 6.07 Å². The van der Waals surface area contributed by atoms with Crippen molar-refractivity contribution >= 4 is 17.3 Å². The van der Waals surface area contributed by atoms with Crippen LogP contribution in [0.4, 0.5) is 11.4 Å². The lowest BCUT2D eigenvalue weighted by Crippen LogP contribution is -2.31. The van der Waals surface area contributed by atoms with Gasteiger partial charge in [-0.25, -0.2) is 4.79 Å². The molecule has 1 saturated carbocycles. The number of aryl methyl sites for hydroxylation is 1. The van der Waals surface area contributed by atoms with Crippen LogP contribution in [0.3, 0.4) is 0 Å². The van der Waals surface area contributed by atoms with E-state index in [0.717, 1.165) is 18.4 Å². The van der Waals surface area contributed by atoms with E-state index < -0.39 is 16.9 Å². The Bertz CT molecular complexity index is 497. The molecule has 6 nitrogen and oxygen atoms in total. The van der Waals surface area contributed by atoms with Crippen molar-refractivity contribution in [2.75, 3.05) is 5.32 Å². The number of aliphatic carboxylic acids is 1. The van der Waals surface area contributed by atoms with Crippen molar-refractivity contribution in [3.8, 4) is 0 Å². The molecule has 1 aliphatic rings. The number of nitro groups is 1. The molecule has 1 unspecified atom stereocenters. The summed E-state index contributed by atoms with van der Waals surface area (Å²) in [6.07, 6.45) is 1.70. The molecule has 1 aromatic carbocycles. The molecule has 0 heterocycles. The van der Waals surface area contributed by atoms with Crippen molar-refractivity contribution < 1.29 is 14.8 Å². The number of nitrogens with one attached hydrogen (secondary N) is 1. The van der Waals surface area contributed by atoms with Crippen molar-refractivity contribution in [2.45, 2.75) is 25.8 Å². The second-order valence-corrected chi connectivity index (χ2v) is 4.58. The lowest BCUT2D eigenvalue weighted by molar-refractivity contribution is -0.384. The van der Waals surface area contributed by atoms with Crippen LogP contribution in [-0.4, -0.2) is 22.0 Å². The number of carboxylic acid groups (broad SMARTS) is 1. The Morgan fingerprint density at radius 2 is 2.22 bits per heavy atom. The fourth-order valence-corrected chi connectivity index (χ4v) is 1.89. The van der Waals surface area contributed by atoms with Crippen LogP contribution in [0.25, 0.3) is 0 Å². The molecule has 0 aromatic heterocycles. The molecule has 18 heavy (non-hydrogen) atoms. The van der Waals surface area contributed by atoms with E-state index in [4.69, 9.17) is 5.11 Å². The molecule has 1 atom stereocenters. The van der Waals surface area contributed by atoms with E-state index in [1.54, 1.807) is 19.1 Å². The predicted octanol–water partition coefficient (Wildman–Crippen LogP) is 2.18. The molecule has 0 bridgehead atoms. The van der Waals surface area contributed by atoms with E-state index in [-0.39, 0.29) is 17.3 Å². The first kappa shape index (κ1) is 12.3. The minimum absolute atomic E-state index is 0.0726. The van der Waals surface area contributed by atoms with E-state index in [1.165, 1.54) is 6.07 Å². The molecule has 96 valence electrons. The molecule has 0 spiro atoms. The summed E-state index contributed by atoms with van der Waals surface area (Å²) in [5.41, 5.74) is 0.956. The average Bonchev–Trinajstić information content (AvgIpc) is 3.10. The quantitative estimate of drug-likeness (QED) is 0.617. The minimum Gasteiger partial charge on any atom is -0.480 e. The average molecular weight is 250 g/mol. The summed E-state index contributed by atoms with van der Waals surface area (Å²) in [4.78, 5) is 21.5. The lowest BCUT2D eigenvalue weighted by atomic mass is 10.1. The number of carbonyl (C=O) groups is 1. The zero-order chi connectivity index (χ0) is 13.3. The van der Waals surface area contributed by atoms with Gasteiger partial charge in [-0.1, -0.05) is 6.07 Å². The van der Waals surface area contributed by atoms with Gasteiger partial charge in [-0.3, -0.25) is 10.1 Å². The Labute approximate surface area is 104 Å². The second kappa shape index (κ2) is 4.64. The number of nitro benzene ring substituents is 1. The summed E-state index contributed by atoms with van der Waals surface area (Å²) in [5.74, 6) is -0.893. The second-order valence-electron chi connectivity index (χ2n) is 4.58. The van der Waals surface area contributed by atoms with Crippen LogP contribution in [0.15, 0.2) is 18.2 Å². The molecule has 0 saturated heterocycles. The van der Waals surface area contributed by atoms with Gasteiger partial charge in [0.25, 0.3) is 5.69 Å². The van der Waals surface area contributed by atoms with Gasteiger partial charge in [0.1, 0.15) is 11.7 Å². The van der Waals surface area contributed by atoms with E-state index in [1.807, 2.05) is 0 Å². The van der Waals surface area contributed by atoms with Gasteiger partial charge in [-0.2, -0.15) is 0 Å². The highest BCUT2D eigenvalue weighted by atomic mass is 16.6. The first-order valence-corrected chi connectivity index (χ1v) is 5.73. The maximum absolute atomic E-state index is 11.1. The summed E-state index contributed by atoms with van der Waals surface area (Å²) < 4.78 is 0. The lowest BCUT2D eigenvalue weighted by Gasteiger charge is -2.15. The molecule has 0 aliphatic heterocycles. The minimum atomic E-state index is -0.965. The summed E-state index contributed by atoms with van der Waals surface area (Å²) in [5, 5.41) is 22.8. The van der Waals surface area contributed by atoms with Crippen molar-refractivity contribution in [1.82, 2.24) is 0 Å². The van der Waals surface area contributed by atoms with Gasteiger partial charge in [-0.05, 0) is 37.3 Å². The molecule has 2 N–H and O–H groups in total. The van der Waals surface area contributed by atoms with Gasteiger partial charge < -0.3 is 10.4 Å². The number of nitrogens with zero attached hydrogens (tertiary/aromatic N) is 1. The number of rotatable bonds is 5. The third-order valence-electron chi connectivity index (χ3n) is 3.02. The van der Waals surface area contributed by atoms with Gasteiger partial charge in [-0.15, -0.1) is 0 Å². The molecule has 0 amide bonds. The van der Waals surface area contributed by atoms with Crippen LogP contribution < -0.4 is 5.32 Å². The van der Waals surface area contributed by atoms with Crippen LogP contribution in [0.2, 0.25) is 0 Å². The Kier molecular flexibility index (Phi) is 3.18. The Morgan fingerprint density at radius 3 is 2.72 bits per heavy atom. The summed E-state index contributed by atoms with van der Waals surface area (Å²) >= 11 is 0. The summed E-state index contributed by atoms with van der Waals surface area (Å²) in [7, 11) is 0. The van der Waals surface area contributed by atoms with Crippen molar-refractivity contribution in [3.05, 3.63) is 33.9 Å². The highest BCUT2D eigenvalue weighted by Crippen LogP contribution is 2.36. The Balaban J connectivity index is 2.27. The van der Waals surface area contributed by atoms with E-state index >= 15 is 0 Å². The fraction of sp³-hybridized carbons (Fsp3) is 0.417. The molecular weight excluding hydrogens is 236 g/mol. The Hall–Kier alpha value is -2.11. The first-order chi connectivity index (χ1) is 8.49. The maximum atomic E-state index is 11.1. The molecule has 1 aliphatic carbocycles. The van der Waals surface area contributed by atoms with Crippen LogP contribution in [0, 0.1) is 23.0 Å². The van der Waals surface area contributed by atoms with Crippen LogP contribution in [0.1, 0.15) is 18.4 Å². The highest BCUT2D eigenvalue weighted by Gasteiger charge is 2.37. The first-order valence-electron chi connectivity index (χ1n) is 5.73. The van der Waals surface area contributed by atoms with E-state index in [9.17, 15) is 14.9 Å². The molecular formula is C12H14N2O4. The Morgan fingerprint density at radius 1 is 1.56 bits per heavy atom. The zero-order valence-electron chi connectivity index (χ0n) is 9.92. The monoisotopic (exact) mass is 250 g/mol. The summed E-state index contributed by atoms with van der Waals surface area (Å²) in [6.45, 7) is 1.76. The third kappa shape index (κ3) is 2.58. The molecule has 2 rings (SSSR count). The van der Waals surface area contributed by atoms with Gasteiger partial charge in [0.05, 0.1) is 4.92 Å². The third-order valence-corrected chi connectivity index (χ3v) is 3.02. The number of hydrogen-bond acceptors (Lipinski definition) is 4. The van der Waals surface area contributed by atoms with Gasteiger partial charge in [0.2, 0.25) is 0 Å². The molecule has 0 radical (unpaired) electrons. The topological polar surface area (TPSA) is 92.5 Å². The van der Waals surface area contributed by atoms with E-state index in [0.29, 0.717) is 0 Å². The summed E-state index contributed by atoms with van der Waals surface area (Å²) in [6, 6.07) is 3.98. The smallest absolute Gasteiger partial charge is 0.326 e. The maximum Gasteiger partial charge on any atom is 0.326 e. The van der Waals surface area contributed by atoms with Gasteiger partial charge >= 0.3 is 5.97 Å². The molecule has 1 aromatic rings. The van der Waals surface area contributed by atoms with Crippen molar-refractivity contribution in [1.29, 1.82) is 0 Å². The SMILES string of the molecule is Cc1ccc(NC(C(=O)O)C2CC2)c([N+](=O)[O-])c1. The van der Waals surface area contributed by atoms with E-state index in [2.05, 4.69) is 5.32 Å². The van der Waals surface area contributed by atoms with Gasteiger partial charge in [0.15, 0.2) is 0 Å². The van der Waals surface area contributed by atoms with Crippen molar-refractivity contribution in [2.24, 2.45) is 5.92 Å². The number of hydrogen-bond donors (Lipinski definition) is 2. The van der Waals surface area contributed by atoms with Crippen LogP contribution in [0.5, 0.6) is 0 Å². The number of carboxylic acids is 1. The highest BCUT2D eigenvalue weighted by molar-refractivity contribution is 5.80. The molecule has 6 heteroatoms. The van der Waals surface area contributed by atoms with Crippen LogP contribution in [-0.2, 0) is 4.79 Å². The largest absolute Gasteiger partial charge is 0.480 e. The van der Waals surface area contributed by atoms with Crippen molar-refractivity contribution in [3.63, 3.8) is 0 Å². The number of benzene rings is 1. The van der Waals surface area contributed by atoms with Crippen LogP contribution >= 0.6 is 0 Å². The predicted molar refractivity (Wildman–Crippen MR) is 65.6 cm³/mol. The standard InChI is InChI=1S/C12H14N2O4/c1-7-2-5-9(10(6-7)14(17)18)13-11(12(15)16)8-3-4-8/h2,5-6,8,11,13H,3-4H2,1H3,(H,15,16). The number of anilines is 1. The normalized spacial score (nSPS) is 16.1. The molecule has 1 fully saturated rings. The fourth-order valence-electron chi connectivity index (χ4n) is 1.89. The zero-order valence-corrected chi connectivity index (χ0v) is 9.92.